The number of anilines is 1. The standard InChI is InChI=1S/C15H12Cl2N4OS2/c1-8(14(22)18-11-6-9(16)5-10(17)7-11)24-15-19-13(20-21-15)12-3-2-4-23-12/h2-8H,1H3,(H,18,22)(H,19,20,21)/t8-/m1/s1. The Morgan fingerprint density at radius 2 is 2.08 bits per heavy atom. The van der Waals surface area contributed by atoms with Crippen LogP contribution in [0.25, 0.3) is 10.7 Å². The van der Waals surface area contributed by atoms with Crippen molar-refractivity contribution in [1.82, 2.24) is 15.2 Å². The minimum atomic E-state index is -0.380. The Bertz CT molecular complexity index is 831. The van der Waals surface area contributed by atoms with Crippen LogP contribution in [0.15, 0.2) is 40.9 Å². The monoisotopic (exact) mass is 398 g/mol. The van der Waals surface area contributed by atoms with Gasteiger partial charge in [-0.05, 0) is 36.6 Å². The van der Waals surface area contributed by atoms with E-state index in [2.05, 4.69) is 20.5 Å². The van der Waals surface area contributed by atoms with Gasteiger partial charge in [-0.1, -0.05) is 41.0 Å². The molecular formula is C15H12Cl2N4OS2. The van der Waals surface area contributed by atoms with Crippen LogP contribution < -0.4 is 5.32 Å². The normalized spacial score (nSPS) is 12.1. The summed E-state index contributed by atoms with van der Waals surface area (Å²) in [4.78, 5) is 17.7. The van der Waals surface area contributed by atoms with E-state index in [1.807, 2.05) is 17.5 Å². The molecule has 3 aromatic rings. The van der Waals surface area contributed by atoms with Crippen molar-refractivity contribution in [3.8, 4) is 10.7 Å². The fourth-order valence-electron chi connectivity index (χ4n) is 1.90. The molecule has 2 N–H and O–H groups in total. The maximum atomic E-state index is 12.3. The molecule has 2 aromatic heterocycles. The Morgan fingerprint density at radius 1 is 1.33 bits per heavy atom. The summed E-state index contributed by atoms with van der Waals surface area (Å²) < 4.78 is 0. The number of hydrogen-bond acceptors (Lipinski definition) is 5. The molecule has 0 saturated heterocycles. The second-order valence-corrected chi connectivity index (χ2v) is 7.98. The number of amides is 1. The Kier molecular flexibility index (Phi) is 5.45. The van der Waals surface area contributed by atoms with Crippen LogP contribution in [0.4, 0.5) is 5.69 Å². The molecule has 0 unspecified atom stereocenters. The van der Waals surface area contributed by atoms with Gasteiger partial charge in [0.25, 0.3) is 0 Å². The van der Waals surface area contributed by atoms with Crippen LogP contribution in [0.1, 0.15) is 6.92 Å². The number of nitrogens with zero attached hydrogens (tertiary/aromatic N) is 2. The number of thioether (sulfide) groups is 1. The number of halogens is 2. The lowest BCUT2D eigenvalue weighted by Gasteiger charge is -2.10. The zero-order valence-electron chi connectivity index (χ0n) is 12.4. The van der Waals surface area contributed by atoms with E-state index in [1.54, 1.807) is 36.5 Å². The largest absolute Gasteiger partial charge is 0.325 e. The summed E-state index contributed by atoms with van der Waals surface area (Å²) >= 11 is 14.7. The van der Waals surface area contributed by atoms with Crippen LogP contribution in [0.5, 0.6) is 0 Å². The minimum absolute atomic E-state index is 0.180. The molecule has 24 heavy (non-hydrogen) atoms. The number of thiophene rings is 1. The molecule has 0 aliphatic rings. The SMILES string of the molecule is C[C@@H](Sc1n[nH]c(-c2cccs2)n1)C(=O)Nc1cc(Cl)cc(Cl)c1. The third-order valence-corrected chi connectivity index (χ3v) is 5.28. The third kappa shape index (κ3) is 4.30. The first-order valence-electron chi connectivity index (χ1n) is 6.91. The van der Waals surface area contributed by atoms with Crippen LogP contribution in [-0.4, -0.2) is 26.3 Å². The van der Waals surface area contributed by atoms with Crippen molar-refractivity contribution in [3.05, 3.63) is 45.8 Å². The highest BCUT2D eigenvalue weighted by atomic mass is 35.5. The van der Waals surface area contributed by atoms with E-state index >= 15 is 0 Å². The first kappa shape index (κ1) is 17.3. The van der Waals surface area contributed by atoms with Gasteiger partial charge >= 0.3 is 0 Å². The van der Waals surface area contributed by atoms with Crippen molar-refractivity contribution in [3.63, 3.8) is 0 Å². The van der Waals surface area contributed by atoms with Gasteiger partial charge in [0.15, 0.2) is 5.82 Å². The average molecular weight is 399 g/mol. The smallest absolute Gasteiger partial charge is 0.237 e. The fourth-order valence-corrected chi connectivity index (χ4v) is 3.82. The van der Waals surface area contributed by atoms with Crippen molar-refractivity contribution in [2.24, 2.45) is 0 Å². The third-order valence-electron chi connectivity index (χ3n) is 3.00. The molecule has 9 heteroatoms. The molecule has 1 amide bonds. The first-order valence-corrected chi connectivity index (χ1v) is 9.42. The summed E-state index contributed by atoms with van der Waals surface area (Å²) in [6, 6.07) is 8.80. The number of aromatic amines is 1. The highest BCUT2D eigenvalue weighted by Crippen LogP contribution is 2.27. The van der Waals surface area contributed by atoms with Gasteiger partial charge in [-0.3, -0.25) is 9.89 Å². The van der Waals surface area contributed by atoms with Gasteiger partial charge in [-0.15, -0.1) is 16.4 Å². The Hall–Kier alpha value is -1.54. The van der Waals surface area contributed by atoms with Crippen molar-refractivity contribution in [2.45, 2.75) is 17.3 Å². The number of benzene rings is 1. The number of rotatable bonds is 5. The molecule has 0 aliphatic heterocycles. The van der Waals surface area contributed by atoms with Crippen LogP contribution in [0.2, 0.25) is 10.0 Å². The van der Waals surface area contributed by atoms with E-state index in [9.17, 15) is 4.79 Å². The molecule has 3 rings (SSSR count). The number of carbonyl (C=O) groups is 1. The highest BCUT2D eigenvalue weighted by molar-refractivity contribution is 8.00. The molecule has 1 atom stereocenters. The molecule has 1 aromatic carbocycles. The van der Waals surface area contributed by atoms with Gasteiger partial charge in [0, 0.05) is 15.7 Å². The molecule has 0 fully saturated rings. The lowest BCUT2D eigenvalue weighted by molar-refractivity contribution is -0.115. The van der Waals surface area contributed by atoms with Crippen LogP contribution >= 0.6 is 46.3 Å². The topological polar surface area (TPSA) is 70.7 Å². The molecule has 0 spiro atoms. The van der Waals surface area contributed by atoms with E-state index in [-0.39, 0.29) is 11.2 Å². The van der Waals surface area contributed by atoms with Crippen molar-refractivity contribution in [2.75, 3.05) is 5.32 Å². The Labute approximate surface area is 156 Å². The molecular weight excluding hydrogens is 387 g/mol. The van der Waals surface area contributed by atoms with Crippen LogP contribution in [0, 0.1) is 0 Å². The number of aromatic nitrogens is 3. The Balaban J connectivity index is 1.64. The molecule has 0 saturated carbocycles. The van der Waals surface area contributed by atoms with Gasteiger partial charge in [0.05, 0.1) is 10.1 Å². The Morgan fingerprint density at radius 3 is 2.75 bits per heavy atom. The molecule has 0 radical (unpaired) electrons. The number of carbonyl (C=O) groups excluding carboxylic acids is 1. The maximum absolute atomic E-state index is 12.3. The summed E-state index contributed by atoms with van der Waals surface area (Å²) in [6.45, 7) is 1.79. The van der Waals surface area contributed by atoms with Crippen molar-refractivity contribution < 1.29 is 4.79 Å². The summed E-state index contributed by atoms with van der Waals surface area (Å²) in [5.74, 6) is 0.516. The van der Waals surface area contributed by atoms with Crippen molar-refractivity contribution in [1.29, 1.82) is 0 Å². The molecule has 5 nitrogen and oxygen atoms in total. The second-order valence-electron chi connectivity index (χ2n) is 4.85. The lowest BCUT2D eigenvalue weighted by atomic mass is 10.3. The van der Waals surface area contributed by atoms with Gasteiger partial charge < -0.3 is 5.32 Å². The fraction of sp³-hybridized carbons (Fsp3) is 0.133. The summed E-state index contributed by atoms with van der Waals surface area (Å²) in [7, 11) is 0. The number of hydrogen-bond donors (Lipinski definition) is 2. The van der Waals surface area contributed by atoms with Gasteiger partial charge in [0.2, 0.25) is 11.1 Å². The molecule has 0 aliphatic carbocycles. The van der Waals surface area contributed by atoms with Gasteiger partial charge in [-0.25, -0.2) is 4.98 Å². The molecule has 0 bridgehead atoms. The minimum Gasteiger partial charge on any atom is -0.325 e. The highest BCUT2D eigenvalue weighted by Gasteiger charge is 2.18. The van der Waals surface area contributed by atoms with Crippen LogP contribution in [0.3, 0.4) is 0 Å². The molecule has 124 valence electrons. The second kappa shape index (κ2) is 7.57. The predicted molar refractivity (Wildman–Crippen MR) is 100 cm³/mol. The lowest BCUT2D eigenvalue weighted by Crippen LogP contribution is -2.22. The van der Waals surface area contributed by atoms with E-state index in [4.69, 9.17) is 23.2 Å². The summed E-state index contributed by atoms with van der Waals surface area (Å²) in [5.41, 5.74) is 0.555. The van der Waals surface area contributed by atoms with Crippen LogP contribution in [-0.2, 0) is 4.79 Å². The van der Waals surface area contributed by atoms with E-state index in [0.29, 0.717) is 26.7 Å². The zero-order valence-corrected chi connectivity index (χ0v) is 15.6. The van der Waals surface area contributed by atoms with E-state index in [0.717, 1.165) is 4.88 Å². The van der Waals surface area contributed by atoms with Crippen molar-refractivity contribution >= 4 is 57.9 Å². The maximum Gasteiger partial charge on any atom is 0.237 e. The van der Waals surface area contributed by atoms with E-state index in [1.165, 1.54) is 11.8 Å². The van der Waals surface area contributed by atoms with Gasteiger partial charge in [0.1, 0.15) is 0 Å². The molecule has 2 heterocycles. The zero-order chi connectivity index (χ0) is 17.1. The van der Waals surface area contributed by atoms with E-state index < -0.39 is 0 Å². The quantitative estimate of drug-likeness (QED) is 0.595. The predicted octanol–water partition coefficient (Wildman–Crippen LogP) is 4.96. The summed E-state index contributed by atoms with van der Waals surface area (Å²) in [6.07, 6.45) is 0. The van der Waals surface area contributed by atoms with Gasteiger partial charge in [-0.2, -0.15) is 0 Å². The first-order chi connectivity index (χ1) is 11.5. The number of nitrogens with one attached hydrogen (secondary N) is 2. The summed E-state index contributed by atoms with van der Waals surface area (Å²) in [5, 5.41) is 12.8. The average Bonchev–Trinajstić information content (AvgIpc) is 3.16. The number of H-pyrrole nitrogens is 1.